The van der Waals surface area contributed by atoms with Gasteiger partial charge in [-0.05, 0) is 45.4 Å². The molecule has 3 nitrogen and oxygen atoms in total. The zero-order valence-electron chi connectivity index (χ0n) is 9.05. The van der Waals surface area contributed by atoms with Crippen LogP contribution in [0.2, 0.25) is 0 Å². The van der Waals surface area contributed by atoms with Crippen molar-refractivity contribution in [3.63, 3.8) is 0 Å². The van der Waals surface area contributed by atoms with Crippen LogP contribution in [0.5, 0.6) is 0 Å². The van der Waals surface area contributed by atoms with Gasteiger partial charge in [-0.2, -0.15) is 0 Å². The molecule has 0 saturated carbocycles. The molecular formula is C11H21N3. The third kappa shape index (κ3) is 3.99. The molecule has 1 saturated heterocycles. The number of nitrogens with two attached hydrogens (primary N) is 1. The minimum Gasteiger partial charge on any atom is -0.359 e. The second kappa shape index (κ2) is 6.69. The highest BCUT2D eigenvalue weighted by molar-refractivity contribution is 4.94. The van der Waals surface area contributed by atoms with Gasteiger partial charge in [-0.3, -0.25) is 0 Å². The van der Waals surface area contributed by atoms with E-state index in [9.17, 15) is 0 Å². The lowest BCUT2D eigenvalue weighted by atomic mass is 9.97. The average Bonchev–Trinajstić information content (AvgIpc) is 2.21. The van der Waals surface area contributed by atoms with Crippen molar-refractivity contribution in [3.8, 4) is 12.0 Å². The lowest BCUT2D eigenvalue weighted by Crippen LogP contribution is -2.37. The summed E-state index contributed by atoms with van der Waals surface area (Å²) in [5, 5.41) is 3.25. The Kier molecular flexibility index (Phi) is 5.43. The van der Waals surface area contributed by atoms with Crippen molar-refractivity contribution in [1.29, 1.82) is 0 Å². The molecule has 3 heteroatoms. The largest absolute Gasteiger partial charge is 0.359 e. The molecule has 14 heavy (non-hydrogen) atoms. The second-order valence-electron chi connectivity index (χ2n) is 3.91. The van der Waals surface area contributed by atoms with Crippen LogP contribution in [0.3, 0.4) is 0 Å². The summed E-state index contributed by atoms with van der Waals surface area (Å²) >= 11 is 0. The SMILES string of the molecule is CNCC1CCN(CCC#CN)CC1. The van der Waals surface area contributed by atoms with E-state index in [4.69, 9.17) is 5.73 Å². The van der Waals surface area contributed by atoms with E-state index in [1.54, 1.807) is 0 Å². The van der Waals surface area contributed by atoms with E-state index in [-0.39, 0.29) is 0 Å². The van der Waals surface area contributed by atoms with E-state index in [2.05, 4.69) is 22.2 Å². The third-order valence-corrected chi connectivity index (χ3v) is 2.86. The molecule has 0 aromatic rings. The summed E-state index contributed by atoms with van der Waals surface area (Å²) in [6.07, 6.45) is 3.54. The summed E-state index contributed by atoms with van der Waals surface area (Å²) in [6.45, 7) is 4.68. The fraction of sp³-hybridized carbons (Fsp3) is 0.818. The van der Waals surface area contributed by atoms with E-state index in [1.165, 1.54) is 25.9 Å². The molecular weight excluding hydrogens is 174 g/mol. The maximum absolute atomic E-state index is 5.12. The fourth-order valence-corrected chi connectivity index (χ4v) is 1.99. The Morgan fingerprint density at radius 2 is 2.14 bits per heavy atom. The molecule has 0 aromatic heterocycles. The van der Waals surface area contributed by atoms with Crippen LogP contribution in [0, 0.1) is 17.9 Å². The summed E-state index contributed by atoms with van der Waals surface area (Å²) < 4.78 is 0. The Morgan fingerprint density at radius 1 is 1.43 bits per heavy atom. The molecule has 0 unspecified atom stereocenters. The molecule has 0 aliphatic carbocycles. The van der Waals surface area contributed by atoms with Crippen LogP contribution in [0.25, 0.3) is 0 Å². The van der Waals surface area contributed by atoms with Gasteiger partial charge in [-0.15, -0.1) is 0 Å². The van der Waals surface area contributed by atoms with Gasteiger partial charge < -0.3 is 16.0 Å². The number of likely N-dealkylation sites (tertiary alicyclic amines) is 1. The molecule has 1 heterocycles. The molecule has 1 aliphatic heterocycles. The highest BCUT2D eigenvalue weighted by atomic mass is 15.1. The van der Waals surface area contributed by atoms with E-state index < -0.39 is 0 Å². The highest BCUT2D eigenvalue weighted by Crippen LogP contribution is 2.15. The highest BCUT2D eigenvalue weighted by Gasteiger charge is 2.17. The number of rotatable bonds is 4. The van der Waals surface area contributed by atoms with E-state index >= 15 is 0 Å². The fourth-order valence-electron chi connectivity index (χ4n) is 1.99. The maximum atomic E-state index is 5.12. The van der Waals surface area contributed by atoms with Crippen molar-refractivity contribution in [1.82, 2.24) is 10.2 Å². The summed E-state index contributed by atoms with van der Waals surface area (Å²) in [7, 11) is 2.03. The first-order valence-corrected chi connectivity index (χ1v) is 5.42. The van der Waals surface area contributed by atoms with Crippen LogP contribution >= 0.6 is 0 Å². The first-order chi connectivity index (χ1) is 6.86. The smallest absolute Gasteiger partial charge is 0.0235 e. The first kappa shape index (κ1) is 11.4. The van der Waals surface area contributed by atoms with Crippen LogP contribution in [0.15, 0.2) is 0 Å². The number of piperidine rings is 1. The number of hydrogen-bond acceptors (Lipinski definition) is 3. The summed E-state index contributed by atoms with van der Waals surface area (Å²) in [4.78, 5) is 2.48. The molecule has 3 N–H and O–H groups in total. The molecule has 80 valence electrons. The van der Waals surface area contributed by atoms with Gasteiger partial charge in [0.05, 0.1) is 0 Å². The van der Waals surface area contributed by atoms with Crippen LogP contribution in [0.4, 0.5) is 0 Å². The molecule has 1 aliphatic rings. The lowest BCUT2D eigenvalue weighted by molar-refractivity contribution is 0.187. The van der Waals surface area contributed by atoms with Crippen LogP contribution in [-0.2, 0) is 0 Å². The van der Waals surface area contributed by atoms with Gasteiger partial charge in [0.1, 0.15) is 0 Å². The van der Waals surface area contributed by atoms with Crippen molar-refractivity contribution in [2.24, 2.45) is 11.7 Å². The van der Waals surface area contributed by atoms with Gasteiger partial charge in [0.15, 0.2) is 0 Å². The summed E-state index contributed by atoms with van der Waals surface area (Å²) in [6, 6.07) is 2.45. The number of nitrogens with zero attached hydrogens (tertiary/aromatic N) is 1. The van der Waals surface area contributed by atoms with Gasteiger partial charge >= 0.3 is 0 Å². The number of hydrogen-bond donors (Lipinski definition) is 2. The Labute approximate surface area is 87.0 Å². The zero-order valence-corrected chi connectivity index (χ0v) is 9.05. The van der Waals surface area contributed by atoms with Crippen molar-refractivity contribution in [2.75, 3.05) is 33.2 Å². The van der Waals surface area contributed by atoms with E-state index in [0.29, 0.717) is 0 Å². The predicted octanol–water partition coefficient (Wildman–Crippen LogP) is 0.228. The van der Waals surface area contributed by atoms with Crippen molar-refractivity contribution in [3.05, 3.63) is 0 Å². The topological polar surface area (TPSA) is 41.3 Å². The molecule has 0 atom stereocenters. The van der Waals surface area contributed by atoms with E-state index in [0.717, 1.165) is 25.4 Å². The van der Waals surface area contributed by atoms with Crippen LogP contribution in [0.1, 0.15) is 19.3 Å². The van der Waals surface area contributed by atoms with Crippen molar-refractivity contribution in [2.45, 2.75) is 19.3 Å². The van der Waals surface area contributed by atoms with E-state index in [1.807, 2.05) is 7.05 Å². The molecule has 0 amide bonds. The third-order valence-electron chi connectivity index (χ3n) is 2.86. The van der Waals surface area contributed by atoms with Crippen molar-refractivity contribution < 1.29 is 0 Å². The Balaban J connectivity index is 2.11. The molecule has 1 fully saturated rings. The minimum absolute atomic E-state index is 0.872. The Hall–Kier alpha value is -0.720. The quantitative estimate of drug-likeness (QED) is 0.498. The Morgan fingerprint density at radius 3 is 2.71 bits per heavy atom. The normalized spacial score (nSPS) is 18.9. The first-order valence-electron chi connectivity index (χ1n) is 5.42. The Bertz CT molecular complexity index is 196. The standard InChI is InChI=1S/C11H21N3/c1-13-10-11-4-8-14(9-5-11)7-3-2-6-12/h11,13H,3-5,7-10,12H2,1H3. The molecule has 1 rings (SSSR count). The summed E-state index contributed by atoms with van der Waals surface area (Å²) in [5.41, 5.74) is 5.12. The predicted molar refractivity (Wildman–Crippen MR) is 59.7 cm³/mol. The average molecular weight is 195 g/mol. The van der Waals surface area contributed by atoms with Gasteiger partial charge in [0, 0.05) is 19.0 Å². The summed E-state index contributed by atoms with van der Waals surface area (Å²) in [5.74, 6) is 3.78. The van der Waals surface area contributed by atoms with Gasteiger partial charge in [-0.1, -0.05) is 5.92 Å². The van der Waals surface area contributed by atoms with Crippen LogP contribution < -0.4 is 11.1 Å². The lowest BCUT2D eigenvalue weighted by Gasteiger charge is -2.31. The zero-order chi connectivity index (χ0) is 10.2. The van der Waals surface area contributed by atoms with Gasteiger partial charge in [0.2, 0.25) is 0 Å². The number of nitrogens with one attached hydrogen (secondary N) is 1. The minimum atomic E-state index is 0.872. The second-order valence-corrected chi connectivity index (χ2v) is 3.91. The molecule has 0 aromatic carbocycles. The monoisotopic (exact) mass is 195 g/mol. The molecule has 0 bridgehead atoms. The van der Waals surface area contributed by atoms with Crippen LogP contribution in [-0.4, -0.2) is 38.1 Å². The molecule has 0 radical (unpaired) electrons. The molecule has 0 spiro atoms. The van der Waals surface area contributed by atoms with Crippen molar-refractivity contribution >= 4 is 0 Å². The maximum Gasteiger partial charge on any atom is 0.0235 e. The van der Waals surface area contributed by atoms with Gasteiger partial charge in [-0.25, -0.2) is 0 Å². The van der Waals surface area contributed by atoms with Gasteiger partial charge in [0.25, 0.3) is 0 Å².